The third-order valence-electron chi connectivity index (χ3n) is 1.16. The fourth-order valence-corrected chi connectivity index (χ4v) is 0.347. The second kappa shape index (κ2) is 12.2. The number of methoxy groups -OCH3 is 1. The molecule has 0 aliphatic carbocycles. The minimum absolute atomic E-state index is 0. The monoisotopic (exact) mass is 274 g/mol. The van der Waals surface area contributed by atoms with Gasteiger partial charge in [-0.2, -0.15) is 0 Å². The molecular formula is C8H11KO8. The average molecular weight is 274 g/mol. The van der Waals surface area contributed by atoms with E-state index in [-0.39, 0.29) is 51.4 Å². The molecule has 0 saturated carbocycles. The molecule has 0 rings (SSSR count). The van der Waals surface area contributed by atoms with Crippen LogP contribution in [-0.2, 0) is 19.1 Å². The summed E-state index contributed by atoms with van der Waals surface area (Å²) in [7, 11) is 1.31. The number of hydrogen-bond donors (Lipinski definition) is 3. The molecule has 0 aromatic carbocycles. The number of aliphatic carboxylic acids is 2. The molecule has 2 unspecified atom stereocenters. The third-order valence-corrected chi connectivity index (χ3v) is 1.16. The fourth-order valence-electron chi connectivity index (χ4n) is 0.347. The average Bonchev–Trinajstić information content (AvgIpc) is 2.26. The van der Waals surface area contributed by atoms with Crippen LogP contribution >= 0.6 is 0 Å². The maximum atomic E-state index is 9.84. The molecule has 0 bridgehead atoms. The zero-order chi connectivity index (χ0) is 13.3. The summed E-state index contributed by atoms with van der Waals surface area (Å²) in [6, 6.07) is 0. The maximum absolute atomic E-state index is 9.84. The van der Waals surface area contributed by atoms with Crippen LogP contribution in [0.3, 0.4) is 0 Å². The Balaban J connectivity index is -0.000000244. The summed E-state index contributed by atoms with van der Waals surface area (Å²) in [6.45, 7) is 3.16. The van der Waals surface area contributed by atoms with Crippen LogP contribution in [0.2, 0.25) is 0 Å². The third kappa shape index (κ3) is 12.0. The van der Waals surface area contributed by atoms with Crippen LogP contribution in [0.4, 0.5) is 0 Å². The van der Waals surface area contributed by atoms with Crippen molar-refractivity contribution in [3.05, 3.63) is 12.7 Å². The van der Waals surface area contributed by atoms with E-state index in [2.05, 4.69) is 11.3 Å². The number of ether oxygens (including phenoxy) is 1. The molecule has 9 heteroatoms. The van der Waals surface area contributed by atoms with Crippen molar-refractivity contribution in [2.75, 3.05) is 7.11 Å². The molecule has 2 atom stereocenters. The molecule has 0 radical (unpaired) electrons. The van der Waals surface area contributed by atoms with Crippen molar-refractivity contribution in [2.45, 2.75) is 12.2 Å². The minimum atomic E-state index is -2.38. The second-order valence-electron chi connectivity index (χ2n) is 2.27. The summed E-state index contributed by atoms with van der Waals surface area (Å²) in [6.07, 6.45) is -3.59. The summed E-state index contributed by atoms with van der Waals surface area (Å²) < 4.78 is 4.14. The summed E-state index contributed by atoms with van der Waals surface area (Å²) >= 11 is 0. The molecular weight excluding hydrogens is 263 g/mol. The van der Waals surface area contributed by atoms with Gasteiger partial charge in [0.2, 0.25) is 0 Å². The molecule has 3 N–H and O–H groups in total. The number of aliphatic hydroxyl groups excluding tert-OH is 2. The Labute approximate surface area is 139 Å². The van der Waals surface area contributed by atoms with Crippen molar-refractivity contribution >= 4 is 17.9 Å². The van der Waals surface area contributed by atoms with E-state index in [4.69, 9.17) is 15.3 Å². The van der Waals surface area contributed by atoms with Crippen LogP contribution in [0.1, 0.15) is 0 Å². The number of carbonyl (C=O) groups is 3. The Kier molecular flexibility index (Phi) is 15.7. The van der Waals surface area contributed by atoms with Gasteiger partial charge in [-0.05, 0) is 0 Å². The van der Waals surface area contributed by atoms with Crippen molar-refractivity contribution in [1.29, 1.82) is 0 Å². The summed E-state index contributed by atoms with van der Waals surface area (Å²) in [5.74, 6) is -4.22. The predicted molar refractivity (Wildman–Crippen MR) is 46.9 cm³/mol. The van der Waals surface area contributed by atoms with E-state index in [9.17, 15) is 19.5 Å². The van der Waals surface area contributed by atoms with Gasteiger partial charge in [-0.1, -0.05) is 6.58 Å². The van der Waals surface area contributed by atoms with Gasteiger partial charge >= 0.3 is 63.3 Å². The smallest absolute Gasteiger partial charge is 0.547 e. The standard InChI is InChI=1S/C4H6O6.C4H6O2.K/c5-1(3(7)8)2(6)4(9)10;1-3-4(5)6-2;/h1-2,5-6H,(H,7,8)(H,9,10);3H,1H2,2H3;/q;;+1/p-1. The van der Waals surface area contributed by atoms with Gasteiger partial charge in [0.15, 0.2) is 6.10 Å². The number of carboxylic acids is 2. The first-order chi connectivity index (χ1) is 7.27. The van der Waals surface area contributed by atoms with Crippen LogP contribution in [-0.4, -0.2) is 52.5 Å². The van der Waals surface area contributed by atoms with Gasteiger partial charge in [-0.3, -0.25) is 0 Å². The Morgan fingerprint density at radius 2 is 1.71 bits per heavy atom. The van der Waals surface area contributed by atoms with Crippen LogP contribution in [0.15, 0.2) is 12.7 Å². The van der Waals surface area contributed by atoms with E-state index in [1.54, 1.807) is 0 Å². The molecule has 0 fully saturated rings. The first kappa shape index (κ1) is 21.9. The van der Waals surface area contributed by atoms with Crippen molar-refractivity contribution < 1.29 is 90.9 Å². The zero-order valence-electron chi connectivity index (χ0n) is 9.32. The second-order valence-corrected chi connectivity index (χ2v) is 2.27. The van der Waals surface area contributed by atoms with Crippen molar-refractivity contribution in [1.82, 2.24) is 0 Å². The van der Waals surface area contributed by atoms with Crippen LogP contribution in [0, 0.1) is 0 Å². The first-order valence-corrected chi connectivity index (χ1v) is 3.78. The van der Waals surface area contributed by atoms with Crippen LogP contribution < -0.4 is 56.5 Å². The van der Waals surface area contributed by atoms with Crippen molar-refractivity contribution in [3.8, 4) is 0 Å². The fraction of sp³-hybridized carbons (Fsp3) is 0.375. The number of hydrogen-bond acceptors (Lipinski definition) is 7. The van der Waals surface area contributed by atoms with Gasteiger partial charge in [-0.25, -0.2) is 9.59 Å². The van der Waals surface area contributed by atoms with Gasteiger partial charge in [0.1, 0.15) is 6.10 Å². The van der Waals surface area contributed by atoms with E-state index in [1.165, 1.54) is 7.11 Å². The molecule has 0 spiro atoms. The Morgan fingerprint density at radius 3 is 1.76 bits per heavy atom. The van der Waals surface area contributed by atoms with Crippen molar-refractivity contribution in [2.24, 2.45) is 0 Å². The predicted octanol–water partition coefficient (Wildman–Crippen LogP) is -6.11. The van der Waals surface area contributed by atoms with E-state index in [0.29, 0.717) is 0 Å². The molecule has 17 heavy (non-hydrogen) atoms. The van der Waals surface area contributed by atoms with Crippen LogP contribution in [0.5, 0.6) is 0 Å². The Morgan fingerprint density at radius 1 is 1.29 bits per heavy atom. The molecule has 92 valence electrons. The molecule has 0 amide bonds. The van der Waals surface area contributed by atoms with Crippen LogP contribution in [0.25, 0.3) is 0 Å². The number of rotatable bonds is 4. The molecule has 8 nitrogen and oxygen atoms in total. The van der Waals surface area contributed by atoms with E-state index >= 15 is 0 Å². The topological polar surface area (TPSA) is 144 Å². The van der Waals surface area contributed by atoms with E-state index in [0.717, 1.165) is 6.08 Å². The zero-order valence-corrected chi connectivity index (χ0v) is 12.4. The molecule has 0 heterocycles. The van der Waals surface area contributed by atoms with E-state index in [1.807, 2.05) is 0 Å². The van der Waals surface area contributed by atoms with Gasteiger partial charge in [0.05, 0.1) is 13.1 Å². The number of esters is 1. The summed E-state index contributed by atoms with van der Waals surface area (Å²) in [5, 5.41) is 34.1. The molecule has 0 aliphatic heterocycles. The molecule has 0 saturated heterocycles. The van der Waals surface area contributed by atoms with Crippen molar-refractivity contribution in [3.63, 3.8) is 0 Å². The minimum Gasteiger partial charge on any atom is -0.547 e. The normalized spacial score (nSPS) is 11.7. The Hall–Kier alpha value is -0.294. The van der Waals surface area contributed by atoms with Gasteiger partial charge in [-0.15, -0.1) is 0 Å². The molecule has 0 aromatic rings. The van der Waals surface area contributed by atoms with Gasteiger partial charge in [0.25, 0.3) is 0 Å². The quantitative estimate of drug-likeness (QED) is 0.261. The number of carbonyl (C=O) groups excluding carboxylic acids is 2. The SMILES string of the molecule is C=CC(=O)OC.O=C([O-])C(O)C(O)C(=O)O.[K+]. The summed E-state index contributed by atoms with van der Waals surface area (Å²) in [4.78, 5) is 29.2. The molecule has 0 aliphatic rings. The largest absolute Gasteiger partial charge is 1.00 e. The Bertz CT molecular complexity index is 259. The maximum Gasteiger partial charge on any atom is 1.00 e. The summed E-state index contributed by atoms with van der Waals surface area (Å²) in [5.41, 5.74) is 0. The van der Waals surface area contributed by atoms with Gasteiger partial charge in [0, 0.05) is 6.08 Å². The number of carboxylic acid groups (broad SMARTS) is 2. The van der Waals surface area contributed by atoms with E-state index < -0.39 is 30.1 Å². The first-order valence-electron chi connectivity index (χ1n) is 3.78. The van der Waals surface area contributed by atoms with Gasteiger partial charge < -0.3 is 30.0 Å². The number of aliphatic hydroxyl groups is 2. The molecule has 0 aromatic heterocycles.